The van der Waals surface area contributed by atoms with Crippen molar-refractivity contribution in [2.75, 3.05) is 12.4 Å². The number of aromatic nitrogens is 2. The minimum absolute atomic E-state index is 0.213. The average molecular weight is 376 g/mol. The summed E-state index contributed by atoms with van der Waals surface area (Å²) in [5.41, 5.74) is 3.28. The Morgan fingerprint density at radius 1 is 1.24 bits per heavy atom. The Morgan fingerprint density at radius 2 is 2.00 bits per heavy atom. The fourth-order valence-electron chi connectivity index (χ4n) is 2.57. The smallest absolute Gasteiger partial charge is 0.209 e. The van der Waals surface area contributed by atoms with Crippen molar-refractivity contribution < 1.29 is 9.29 Å². The molecule has 0 aliphatic rings. The third-order valence-electron chi connectivity index (χ3n) is 3.71. The summed E-state index contributed by atoms with van der Waals surface area (Å²) in [5, 5.41) is 8.66. The molecule has 0 spiro atoms. The van der Waals surface area contributed by atoms with Crippen molar-refractivity contribution in [3.05, 3.63) is 69.4 Å². The van der Waals surface area contributed by atoms with Crippen LogP contribution in [0, 0.1) is 16.7 Å². The molecule has 1 aromatic heterocycles. The van der Waals surface area contributed by atoms with Gasteiger partial charge >= 0.3 is 0 Å². The van der Waals surface area contributed by atoms with E-state index in [0.717, 1.165) is 26.9 Å². The fourth-order valence-corrected chi connectivity index (χ4v) is 3.59. The summed E-state index contributed by atoms with van der Waals surface area (Å²) < 4.78 is 15.6. The highest BCUT2D eigenvalue weighted by atomic mass is 32.1. The van der Waals surface area contributed by atoms with Crippen molar-refractivity contribution >= 4 is 34.4 Å². The van der Waals surface area contributed by atoms with Gasteiger partial charge in [-0.15, -0.1) is 5.10 Å². The zero-order valence-electron chi connectivity index (χ0n) is 14.1. The van der Waals surface area contributed by atoms with E-state index in [0.29, 0.717) is 6.67 Å². The summed E-state index contributed by atoms with van der Waals surface area (Å²) >= 11 is 6.89. The number of aryl methyl sites for hydroxylation is 1. The van der Waals surface area contributed by atoms with E-state index in [-0.39, 0.29) is 5.82 Å². The van der Waals surface area contributed by atoms with Gasteiger partial charge in [0, 0.05) is 11.3 Å². The van der Waals surface area contributed by atoms with Crippen molar-refractivity contribution in [2.45, 2.75) is 20.1 Å². The van der Waals surface area contributed by atoms with Crippen molar-refractivity contribution in [1.82, 2.24) is 9.78 Å². The number of quaternary nitrogens is 1. The molecular formula is C18H20FN4S2+. The number of benzene rings is 2. The lowest BCUT2D eigenvalue weighted by molar-refractivity contribution is -0.917. The molecule has 0 saturated heterocycles. The molecule has 4 nitrogen and oxygen atoms in total. The van der Waals surface area contributed by atoms with Crippen molar-refractivity contribution in [3.63, 3.8) is 0 Å². The predicted molar refractivity (Wildman–Crippen MR) is 102 cm³/mol. The topological polar surface area (TPSA) is 34.3 Å². The first kappa shape index (κ1) is 17.7. The van der Waals surface area contributed by atoms with Crippen LogP contribution in [0.1, 0.15) is 11.1 Å². The van der Waals surface area contributed by atoms with Gasteiger partial charge in [-0.05, 0) is 49.0 Å². The molecule has 7 heteroatoms. The zero-order chi connectivity index (χ0) is 17.8. The Kier molecular flexibility index (Phi) is 5.57. The quantitative estimate of drug-likeness (QED) is 0.647. The highest BCUT2D eigenvalue weighted by Gasteiger charge is 2.10. The van der Waals surface area contributed by atoms with Gasteiger partial charge in [0.25, 0.3) is 0 Å². The van der Waals surface area contributed by atoms with E-state index in [9.17, 15) is 4.39 Å². The molecule has 0 amide bonds. The van der Waals surface area contributed by atoms with Gasteiger partial charge in [0.2, 0.25) is 5.13 Å². The minimum Gasteiger partial charge on any atom is -0.330 e. The van der Waals surface area contributed by atoms with Crippen LogP contribution in [0.2, 0.25) is 0 Å². The van der Waals surface area contributed by atoms with E-state index in [1.54, 1.807) is 0 Å². The monoisotopic (exact) mass is 375 g/mol. The molecule has 0 saturated carbocycles. The molecule has 130 valence electrons. The van der Waals surface area contributed by atoms with E-state index in [4.69, 9.17) is 12.2 Å². The number of anilines is 2. The summed E-state index contributed by atoms with van der Waals surface area (Å²) in [4.78, 5) is 1.22. The standard InChI is InChI=1S/C18H19FN4S2/c1-13-4-3-5-16(10-13)20-17-21-23(18(24)25-17)12-22(2)11-14-6-8-15(19)9-7-14/h3-10H,11-12H2,1-2H3,(H,20,21)/p+1. The predicted octanol–water partition coefficient (Wildman–Crippen LogP) is 3.54. The van der Waals surface area contributed by atoms with Crippen LogP contribution in [0.3, 0.4) is 0 Å². The zero-order valence-corrected chi connectivity index (χ0v) is 15.8. The van der Waals surface area contributed by atoms with Gasteiger partial charge in [-0.3, -0.25) is 0 Å². The molecule has 1 atom stereocenters. The van der Waals surface area contributed by atoms with E-state index in [1.165, 1.54) is 33.9 Å². The van der Waals surface area contributed by atoms with Gasteiger partial charge in [-0.25, -0.2) is 4.39 Å². The summed E-state index contributed by atoms with van der Waals surface area (Å²) in [6, 6.07) is 14.7. The first-order chi connectivity index (χ1) is 12.0. The Hall–Kier alpha value is -2.09. The summed E-state index contributed by atoms with van der Waals surface area (Å²) in [7, 11) is 2.07. The Balaban J connectivity index is 1.65. The first-order valence-corrected chi connectivity index (χ1v) is 9.19. The highest BCUT2D eigenvalue weighted by Crippen LogP contribution is 2.20. The van der Waals surface area contributed by atoms with Crippen LogP contribution in [0.15, 0.2) is 48.5 Å². The summed E-state index contributed by atoms with van der Waals surface area (Å²) in [5.74, 6) is -0.213. The number of halogens is 1. The second kappa shape index (κ2) is 7.86. The van der Waals surface area contributed by atoms with Crippen LogP contribution < -0.4 is 10.2 Å². The maximum absolute atomic E-state index is 13.0. The molecule has 3 rings (SSSR count). The Morgan fingerprint density at radius 3 is 2.72 bits per heavy atom. The number of rotatable bonds is 6. The SMILES string of the molecule is Cc1cccc(Nc2nn(C[NH+](C)Cc3ccc(F)cc3)c(=S)s2)c1. The summed E-state index contributed by atoms with van der Waals surface area (Å²) in [6.07, 6.45) is 0. The minimum atomic E-state index is -0.213. The lowest BCUT2D eigenvalue weighted by atomic mass is 10.2. The fraction of sp³-hybridized carbons (Fsp3) is 0.222. The molecule has 0 bridgehead atoms. The lowest BCUT2D eigenvalue weighted by Gasteiger charge is -2.13. The van der Waals surface area contributed by atoms with Crippen molar-refractivity contribution in [1.29, 1.82) is 0 Å². The molecule has 1 unspecified atom stereocenters. The number of hydrogen-bond donors (Lipinski definition) is 2. The van der Waals surface area contributed by atoms with E-state index in [1.807, 2.05) is 28.9 Å². The number of nitrogens with zero attached hydrogens (tertiary/aromatic N) is 2. The van der Waals surface area contributed by atoms with Crippen LogP contribution >= 0.6 is 23.6 Å². The molecule has 0 radical (unpaired) electrons. The molecule has 0 aliphatic carbocycles. The molecule has 1 heterocycles. The number of hydrogen-bond acceptors (Lipinski definition) is 4. The van der Waals surface area contributed by atoms with Gasteiger partial charge in [0.05, 0.1) is 7.05 Å². The molecule has 25 heavy (non-hydrogen) atoms. The Labute approximate surface area is 155 Å². The maximum atomic E-state index is 13.0. The largest absolute Gasteiger partial charge is 0.330 e. The number of nitrogens with one attached hydrogen (secondary N) is 2. The molecular weight excluding hydrogens is 355 g/mol. The van der Waals surface area contributed by atoms with Crippen LogP contribution in [0.25, 0.3) is 0 Å². The highest BCUT2D eigenvalue weighted by molar-refractivity contribution is 7.73. The van der Waals surface area contributed by atoms with Crippen LogP contribution in [0.4, 0.5) is 15.2 Å². The van der Waals surface area contributed by atoms with Gasteiger partial charge in [-0.1, -0.05) is 35.6 Å². The van der Waals surface area contributed by atoms with E-state index < -0.39 is 0 Å². The summed E-state index contributed by atoms with van der Waals surface area (Å²) in [6.45, 7) is 3.49. The average Bonchev–Trinajstić information content (AvgIpc) is 2.89. The van der Waals surface area contributed by atoms with Crippen LogP contribution in [0.5, 0.6) is 0 Å². The van der Waals surface area contributed by atoms with E-state index in [2.05, 4.69) is 36.5 Å². The van der Waals surface area contributed by atoms with Gasteiger partial charge in [-0.2, -0.15) is 4.68 Å². The second-order valence-corrected chi connectivity index (χ2v) is 7.71. The molecule has 2 N–H and O–H groups in total. The van der Waals surface area contributed by atoms with Crippen LogP contribution in [-0.4, -0.2) is 16.8 Å². The lowest BCUT2D eigenvalue weighted by Crippen LogP contribution is -3.07. The van der Waals surface area contributed by atoms with Gasteiger partial charge in [0.15, 0.2) is 10.6 Å². The maximum Gasteiger partial charge on any atom is 0.209 e. The second-order valence-electron chi connectivity index (χ2n) is 6.09. The van der Waals surface area contributed by atoms with E-state index >= 15 is 0 Å². The van der Waals surface area contributed by atoms with Gasteiger partial charge in [0.1, 0.15) is 12.4 Å². The molecule has 2 aromatic carbocycles. The molecule has 0 aliphatic heterocycles. The first-order valence-electron chi connectivity index (χ1n) is 7.97. The van der Waals surface area contributed by atoms with Crippen molar-refractivity contribution in [2.24, 2.45) is 0 Å². The van der Waals surface area contributed by atoms with Crippen LogP contribution in [-0.2, 0) is 13.2 Å². The Bertz CT molecular complexity index is 902. The third kappa shape index (κ3) is 4.94. The third-order valence-corrected chi connectivity index (χ3v) is 4.94. The normalized spacial score (nSPS) is 12.1. The molecule has 3 aromatic rings. The van der Waals surface area contributed by atoms with Crippen molar-refractivity contribution in [3.8, 4) is 0 Å². The van der Waals surface area contributed by atoms with Gasteiger partial charge < -0.3 is 10.2 Å². The molecule has 0 fully saturated rings.